The normalized spacial score (nSPS) is 36.2. The van der Waals surface area contributed by atoms with E-state index in [9.17, 15) is 34.8 Å². The van der Waals surface area contributed by atoms with Gasteiger partial charge in [-0.15, -0.1) is 0 Å². The first kappa shape index (κ1) is 32.2. The maximum atomic E-state index is 14.5. The average molecular weight is 582 g/mol. The average Bonchev–Trinajstić information content (AvgIpc) is 2.81. The van der Waals surface area contributed by atoms with E-state index in [-0.39, 0.29) is 30.1 Å². The molecule has 6 N–H and O–H groups in total. The molecule has 0 aliphatic heterocycles. The highest BCUT2D eigenvalue weighted by Crippen LogP contribution is 2.66. The maximum Gasteiger partial charge on any atom is 0.230 e. The Kier molecular flexibility index (Phi) is 7.80. The Morgan fingerprint density at radius 1 is 1.14 bits per heavy atom. The molecular formula is C34H47NO7. The van der Waals surface area contributed by atoms with Gasteiger partial charge < -0.3 is 26.2 Å². The van der Waals surface area contributed by atoms with E-state index in [1.807, 2.05) is 47.6 Å². The Balaban J connectivity index is 2.00. The van der Waals surface area contributed by atoms with Crippen molar-refractivity contribution in [1.29, 1.82) is 0 Å². The highest BCUT2D eigenvalue weighted by atomic mass is 16.4. The van der Waals surface area contributed by atoms with E-state index in [0.717, 1.165) is 0 Å². The second-order valence-electron chi connectivity index (χ2n) is 15.3. The molecule has 0 heterocycles. The van der Waals surface area contributed by atoms with Crippen LogP contribution < -0.4 is 5.73 Å². The Labute approximate surface area is 249 Å². The topological polar surface area (TPSA) is 158 Å². The zero-order chi connectivity index (χ0) is 31.9. The number of benzene rings is 1. The number of fused-ring (bicyclic) bond motifs is 3. The van der Waals surface area contributed by atoms with Crippen molar-refractivity contribution in [3.05, 3.63) is 28.3 Å². The van der Waals surface area contributed by atoms with Gasteiger partial charge in [0, 0.05) is 23.0 Å². The minimum absolute atomic E-state index is 0.0557. The Morgan fingerprint density at radius 2 is 1.74 bits per heavy atom. The largest absolute Gasteiger partial charge is 0.507 e. The number of aromatic hydroxyl groups is 1. The molecule has 2 fully saturated rings. The van der Waals surface area contributed by atoms with E-state index in [2.05, 4.69) is 25.7 Å². The highest BCUT2D eigenvalue weighted by Gasteiger charge is 2.76. The summed E-state index contributed by atoms with van der Waals surface area (Å²) in [6, 6.07) is 1.85. The zero-order valence-electron chi connectivity index (χ0n) is 26.3. The fraction of sp³-hybridized carbons (Fsp3) is 0.676. The second kappa shape index (κ2) is 10.2. The molecule has 3 aliphatic carbocycles. The SMILES string of the molecule is CC(C)CC#Cc1cc(C(C)(C)C)c(O)c2c1C[C@]1(C)C[C@]3(C)[C@@H](C(C)C)C(O)[C@@H](C(N)=O)C(=O)[C@]3(O)C(O)[C@H]1C2=O. The standard InChI is InChI=1S/C34H47NO7/c1-16(2)11-10-12-18-13-20(31(5,6)7)25(36)21-19(18)14-32(8)15-33(9)23(17(3)4)27(38)22(30(35)41)28(39)34(33,42)29(40)24(32)26(21)37/h13,16-17,22-24,27,29,36,38,40,42H,11,14-15H2,1-9H3,(H2,35,41)/t22-,23+,24-,27?,29?,32-,33-,34+/m1/s1. The summed E-state index contributed by atoms with van der Waals surface area (Å²) in [4.78, 5) is 40.8. The quantitative estimate of drug-likeness (QED) is 0.271. The van der Waals surface area contributed by atoms with E-state index >= 15 is 0 Å². The van der Waals surface area contributed by atoms with Gasteiger partial charge in [-0.05, 0) is 53.1 Å². The first-order valence-electron chi connectivity index (χ1n) is 15.0. The first-order chi connectivity index (χ1) is 19.1. The van der Waals surface area contributed by atoms with Crippen LogP contribution in [0.5, 0.6) is 5.75 Å². The second-order valence-corrected chi connectivity index (χ2v) is 15.3. The molecule has 1 aromatic carbocycles. The minimum atomic E-state index is -2.53. The number of rotatable bonds is 3. The van der Waals surface area contributed by atoms with Gasteiger partial charge in [0.15, 0.2) is 17.2 Å². The number of carbonyl (C=O) groups is 3. The molecule has 0 spiro atoms. The van der Waals surface area contributed by atoms with E-state index < -0.39 is 69.3 Å². The van der Waals surface area contributed by atoms with Gasteiger partial charge in [-0.1, -0.05) is 74.2 Å². The molecule has 1 amide bonds. The summed E-state index contributed by atoms with van der Waals surface area (Å²) < 4.78 is 0. The van der Waals surface area contributed by atoms with Crippen molar-refractivity contribution in [2.45, 2.75) is 105 Å². The van der Waals surface area contributed by atoms with Crippen molar-refractivity contribution in [2.24, 2.45) is 46.2 Å². The van der Waals surface area contributed by atoms with Crippen LogP contribution >= 0.6 is 0 Å². The van der Waals surface area contributed by atoms with Gasteiger partial charge in [-0.25, -0.2) is 0 Å². The fourth-order valence-corrected chi connectivity index (χ4v) is 8.63. The molecule has 0 radical (unpaired) electrons. The fourth-order valence-electron chi connectivity index (χ4n) is 8.63. The number of phenolic OH excluding ortho intramolecular Hbond substituents is 1. The molecule has 0 saturated heterocycles. The summed E-state index contributed by atoms with van der Waals surface area (Å²) >= 11 is 0. The summed E-state index contributed by atoms with van der Waals surface area (Å²) in [7, 11) is 0. The number of phenols is 1. The van der Waals surface area contributed by atoms with Crippen LogP contribution in [-0.2, 0) is 21.4 Å². The van der Waals surface area contributed by atoms with Crippen LogP contribution in [0.1, 0.15) is 102 Å². The predicted octanol–water partition coefficient (Wildman–Crippen LogP) is 3.27. The molecule has 3 aliphatic rings. The third-order valence-electron chi connectivity index (χ3n) is 10.3. The summed E-state index contributed by atoms with van der Waals surface area (Å²) in [6.07, 6.45) is -2.37. The van der Waals surface area contributed by atoms with Gasteiger partial charge in [-0.3, -0.25) is 14.4 Å². The molecular weight excluding hydrogens is 534 g/mol. The Bertz CT molecular complexity index is 1390. The van der Waals surface area contributed by atoms with Crippen molar-refractivity contribution in [1.82, 2.24) is 0 Å². The van der Waals surface area contributed by atoms with Crippen molar-refractivity contribution in [3.8, 4) is 17.6 Å². The lowest BCUT2D eigenvalue weighted by atomic mass is 9.39. The summed E-state index contributed by atoms with van der Waals surface area (Å²) in [5.74, 6) is -0.206. The van der Waals surface area contributed by atoms with E-state index in [1.165, 1.54) is 0 Å². The molecule has 8 nitrogen and oxygen atoms in total. The van der Waals surface area contributed by atoms with Crippen LogP contribution in [0.2, 0.25) is 0 Å². The van der Waals surface area contributed by atoms with Gasteiger partial charge in [0.25, 0.3) is 0 Å². The Hall–Kier alpha value is -2.73. The highest BCUT2D eigenvalue weighted by molar-refractivity contribution is 6.09. The van der Waals surface area contributed by atoms with E-state index in [1.54, 1.807) is 6.92 Å². The number of aliphatic hydroxyl groups excluding tert-OH is 2. The molecule has 42 heavy (non-hydrogen) atoms. The maximum absolute atomic E-state index is 14.5. The summed E-state index contributed by atoms with van der Waals surface area (Å²) in [5.41, 5.74) is 1.92. The van der Waals surface area contributed by atoms with Gasteiger partial charge in [0.1, 0.15) is 17.8 Å². The summed E-state index contributed by atoms with van der Waals surface area (Å²) in [6.45, 7) is 17.0. The number of amides is 1. The molecule has 0 bridgehead atoms. The van der Waals surface area contributed by atoms with Crippen molar-refractivity contribution >= 4 is 17.5 Å². The van der Waals surface area contributed by atoms with Crippen LogP contribution in [0.15, 0.2) is 6.07 Å². The van der Waals surface area contributed by atoms with E-state index in [4.69, 9.17) is 5.73 Å². The van der Waals surface area contributed by atoms with Crippen molar-refractivity contribution in [3.63, 3.8) is 0 Å². The number of aliphatic hydroxyl groups is 3. The van der Waals surface area contributed by atoms with Crippen LogP contribution in [0.25, 0.3) is 0 Å². The van der Waals surface area contributed by atoms with Crippen LogP contribution in [0.3, 0.4) is 0 Å². The van der Waals surface area contributed by atoms with Crippen LogP contribution in [0, 0.1) is 52.3 Å². The number of nitrogens with two attached hydrogens (primary N) is 1. The van der Waals surface area contributed by atoms with Gasteiger partial charge >= 0.3 is 0 Å². The molecule has 8 heteroatoms. The number of carbonyl (C=O) groups excluding carboxylic acids is 3. The van der Waals surface area contributed by atoms with Crippen molar-refractivity contribution in [2.75, 3.05) is 0 Å². The number of hydrogen-bond acceptors (Lipinski definition) is 7. The molecule has 230 valence electrons. The molecule has 2 unspecified atom stereocenters. The number of hydrogen-bond donors (Lipinski definition) is 5. The minimum Gasteiger partial charge on any atom is -0.507 e. The molecule has 8 atom stereocenters. The van der Waals surface area contributed by atoms with Gasteiger partial charge in [0.2, 0.25) is 5.91 Å². The number of ketones is 2. The van der Waals surface area contributed by atoms with Gasteiger partial charge in [0.05, 0.1) is 17.6 Å². The first-order valence-corrected chi connectivity index (χ1v) is 15.0. The lowest BCUT2D eigenvalue weighted by Gasteiger charge is -2.66. The number of Topliss-reactive ketones (excluding diaryl/α,β-unsaturated/α-hetero) is 2. The molecule has 0 aromatic heterocycles. The third-order valence-corrected chi connectivity index (χ3v) is 10.3. The molecule has 1 aromatic rings. The zero-order valence-corrected chi connectivity index (χ0v) is 26.3. The van der Waals surface area contributed by atoms with E-state index in [0.29, 0.717) is 29.0 Å². The third kappa shape index (κ3) is 4.42. The predicted molar refractivity (Wildman–Crippen MR) is 158 cm³/mol. The van der Waals surface area contributed by atoms with Crippen LogP contribution in [0.4, 0.5) is 0 Å². The van der Waals surface area contributed by atoms with Crippen LogP contribution in [-0.4, -0.2) is 55.7 Å². The monoisotopic (exact) mass is 581 g/mol. The smallest absolute Gasteiger partial charge is 0.230 e. The lowest BCUT2D eigenvalue weighted by molar-refractivity contribution is -0.265. The number of primary amides is 1. The lowest BCUT2D eigenvalue weighted by Crippen LogP contribution is -2.79. The van der Waals surface area contributed by atoms with Crippen molar-refractivity contribution < 1.29 is 34.8 Å². The Morgan fingerprint density at radius 3 is 2.24 bits per heavy atom. The van der Waals surface area contributed by atoms with Gasteiger partial charge in [-0.2, -0.15) is 0 Å². The molecule has 4 rings (SSSR count). The summed E-state index contributed by atoms with van der Waals surface area (Å²) in [5, 5.41) is 47.1. The molecule has 2 saturated carbocycles.